The van der Waals surface area contributed by atoms with E-state index in [1.807, 2.05) is 0 Å². The van der Waals surface area contributed by atoms with Gasteiger partial charge >= 0.3 is 6.18 Å². The Morgan fingerprint density at radius 3 is 2.56 bits per heavy atom. The highest BCUT2D eigenvalue weighted by molar-refractivity contribution is 5.37. The summed E-state index contributed by atoms with van der Waals surface area (Å²) < 4.78 is 42.1. The Morgan fingerprint density at radius 2 is 2.06 bits per heavy atom. The summed E-state index contributed by atoms with van der Waals surface area (Å²) in [6.07, 6.45) is -4.52. The predicted molar refractivity (Wildman–Crippen MR) is 50.0 cm³/mol. The SMILES string of the molecule is Cc1cc(NC2COC2)nc(C(F)(F)F)n1. The lowest BCUT2D eigenvalue weighted by Gasteiger charge is -2.27. The first-order valence-electron chi connectivity index (χ1n) is 4.72. The summed E-state index contributed by atoms with van der Waals surface area (Å²) in [6.45, 7) is 2.48. The molecule has 0 spiro atoms. The molecule has 88 valence electrons. The minimum absolute atomic E-state index is 0.0374. The third-order valence-electron chi connectivity index (χ3n) is 2.10. The number of halogens is 3. The van der Waals surface area contributed by atoms with Crippen LogP contribution in [0.25, 0.3) is 0 Å². The van der Waals surface area contributed by atoms with Crippen LogP contribution in [0.1, 0.15) is 11.5 Å². The third kappa shape index (κ3) is 2.41. The van der Waals surface area contributed by atoms with Gasteiger partial charge in [-0.3, -0.25) is 0 Å². The van der Waals surface area contributed by atoms with E-state index in [9.17, 15) is 13.2 Å². The summed E-state index contributed by atoms with van der Waals surface area (Å²) >= 11 is 0. The molecule has 1 N–H and O–H groups in total. The topological polar surface area (TPSA) is 47.0 Å². The molecule has 0 bridgehead atoms. The molecule has 0 unspecified atom stereocenters. The Morgan fingerprint density at radius 1 is 1.38 bits per heavy atom. The zero-order valence-electron chi connectivity index (χ0n) is 8.51. The van der Waals surface area contributed by atoms with Crippen LogP contribution in [0.15, 0.2) is 6.07 Å². The standard InChI is InChI=1S/C9H10F3N3O/c1-5-2-7(14-6-3-16-4-6)15-8(13-5)9(10,11)12/h2,6H,3-4H2,1H3,(H,13,14,15). The monoisotopic (exact) mass is 233 g/mol. The van der Waals surface area contributed by atoms with E-state index < -0.39 is 12.0 Å². The van der Waals surface area contributed by atoms with Crippen LogP contribution in [0.5, 0.6) is 0 Å². The summed E-state index contributed by atoms with van der Waals surface area (Å²) in [5.41, 5.74) is 0.282. The Labute approximate surface area is 89.8 Å². The van der Waals surface area contributed by atoms with E-state index in [1.165, 1.54) is 13.0 Å². The van der Waals surface area contributed by atoms with E-state index in [0.717, 1.165) is 0 Å². The van der Waals surface area contributed by atoms with E-state index in [1.54, 1.807) is 0 Å². The molecule has 16 heavy (non-hydrogen) atoms. The molecule has 0 saturated carbocycles. The minimum Gasteiger partial charge on any atom is -0.377 e. The molecule has 7 heteroatoms. The summed E-state index contributed by atoms with van der Waals surface area (Å²) in [7, 11) is 0. The van der Waals surface area contributed by atoms with Crippen molar-refractivity contribution in [1.29, 1.82) is 0 Å². The molecule has 0 radical (unpaired) electrons. The summed E-state index contributed by atoms with van der Waals surface area (Å²) in [5, 5.41) is 2.86. The predicted octanol–water partition coefficient (Wildman–Crippen LogP) is 1.61. The van der Waals surface area contributed by atoms with Gasteiger partial charge in [0.2, 0.25) is 5.82 Å². The molecule has 1 saturated heterocycles. The van der Waals surface area contributed by atoms with Crippen molar-refractivity contribution >= 4 is 5.82 Å². The number of hydrogen-bond donors (Lipinski definition) is 1. The molecule has 1 fully saturated rings. The molecule has 0 aliphatic carbocycles. The number of nitrogens with zero attached hydrogens (tertiary/aromatic N) is 2. The number of ether oxygens (including phenoxy) is 1. The largest absolute Gasteiger partial charge is 0.451 e. The lowest BCUT2D eigenvalue weighted by atomic mass is 10.2. The van der Waals surface area contributed by atoms with Gasteiger partial charge in [-0.2, -0.15) is 13.2 Å². The van der Waals surface area contributed by atoms with E-state index in [4.69, 9.17) is 4.74 Å². The highest BCUT2D eigenvalue weighted by Gasteiger charge is 2.35. The zero-order chi connectivity index (χ0) is 11.8. The third-order valence-corrected chi connectivity index (χ3v) is 2.10. The number of rotatable bonds is 2. The maximum atomic E-state index is 12.4. The maximum absolute atomic E-state index is 12.4. The van der Waals surface area contributed by atoms with Crippen molar-refractivity contribution in [1.82, 2.24) is 9.97 Å². The summed E-state index contributed by atoms with van der Waals surface area (Å²) in [6, 6.07) is 1.52. The number of nitrogens with one attached hydrogen (secondary N) is 1. The van der Waals surface area contributed by atoms with Crippen LogP contribution in [0.2, 0.25) is 0 Å². The highest BCUT2D eigenvalue weighted by Crippen LogP contribution is 2.27. The van der Waals surface area contributed by atoms with Crippen LogP contribution >= 0.6 is 0 Å². The van der Waals surface area contributed by atoms with Crippen molar-refractivity contribution < 1.29 is 17.9 Å². The average molecular weight is 233 g/mol. The lowest BCUT2D eigenvalue weighted by molar-refractivity contribution is -0.145. The maximum Gasteiger partial charge on any atom is 0.451 e. The molecule has 2 rings (SSSR count). The van der Waals surface area contributed by atoms with Crippen LogP contribution in [-0.2, 0) is 10.9 Å². The van der Waals surface area contributed by atoms with Crippen LogP contribution in [-0.4, -0.2) is 29.2 Å². The molecule has 1 aliphatic heterocycles. The molecule has 1 aromatic heterocycles. The van der Waals surface area contributed by atoms with Crippen molar-refractivity contribution in [2.75, 3.05) is 18.5 Å². The summed E-state index contributed by atoms with van der Waals surface area (Å²) in [5.74, 6) is -0.927. The number of anilines is 1. The first-order chi connectivity index (χ1) is 7.45. The number of hydrogen-bond acceptors (Lipinski definition) is 4. The van der Waals surface area contributed by atoms with Gasteiger partial charge in [0.15, 0.2) is 0 Å². The van der Waals surface area contributed by atoms with Crippen molar-refractivity contribution in [3.63, 3.8) is 0 Å². The highest BCUT2D eigenvalue weighted by atomic mass is 19.4. The molecule has 1 aromatic rings. The van der Waals surface area contributed by atoms with Gasteiger partial charge < -0.3 is 10.1 Å². The second-order valence-corrected chi connectivity index (χ2v) is 3.59. The van der Waals surface area contributed by atoms with Crippen LogP contribution in [0.3, 0.4) is 0 Å². The van der Waals surface area contributed by atoms with E-state index in [0.29, 0.717) is 13.2 Å². The second kappa shape index (κ2) is 3.89. The van der Waals surface area contributed by atoms with Gasteiger partial charge in [0, 0.05) is 11.8 Å². The first kappa shape index (κ1) is 11.1. The smallest absolute Gasteiger partial charge is 0.377 e. The Kier molecular flexibility index (Phi) is 2.71. The van der Waals surface area contributed by atoms with Gasteiger partial charge in [0.1, 0.15) is 5.82 Å². The van der Waals surface area contributed by atoms with E-state index in [-0.39, 0.29) is 17.6 Å². The van der Waals surface area contributed by atoms with Crippen LogP contribution < -0.4 is 5.32 Å². The van der Waals surface area contributed by atoms with E-state index in [2.05, 4.69) is 15.3 Å². The fourth-order valence-electron chi connectivity index (χ4n) is 1.30. The van der Waals surface area contributed by atoms with Gasteiger partial charge in [0.05, 0.1) is 19.3 Å². The van der Waals surface area contributed by atoms with Crippen LogP contribution in [0.4, 0.5) is 19.0 Å². The summed E-state index contributed by atoms with van der Waals surface area (Å²) in [4.78, 5) is 6.77. The second-order valence-electron chi connectivity index (χ2n) is 3.59. The van der Waals surface area contributed by atoms with Crippen molar-refractivity contribution in [2.24, 2.45) is 0 Å². The zero-order valence-corrected chi connectivity index (χ0v) is 8.51. The quantitative estimate of drug-likeness (QED) is 0.843. The Bertz CT molecular complexity index is 390. The molecule has 2 heterocycles. The normalized spacial score (nSPS) is 17.0. The van der Waals surface area contributed by atoms with Crippen molar-refractivity contribution in [3.05, 3.63) is 17.6 Å². The van der Waals surface area contributed by atoms with Gasteiger partial charge in [-0.15, -0.1) is 0 Å². The van der Waals surface area contributed by atoms with Crippen LogP contribution in [0, 0.1) is 6.92 Å². The number of aromatic nitrogens is 2. The lowest BCUT2D eigenvalue weighted by Crippen LogP contribution is -2.40. The molecule has 0 amide bonds. The fraction of sp³-hybridized carbons (Fsp3) is 0.556. The fourth-order valence-corrected chi connectivity index (χ4v) is 1.30. The molecule has 0 atom stereocenters. The van der Waals surface area contributed by atoms with Gasteiger partial charge in [-0.1, -0.05) is 0 Å². The molecule has 0 aromatic carbocycles. The average Bonchev–Trinajstić information content (AvgIpc) is 2.09. The number of aryl methyl sites for hydroxylation is 1. The molecule has 1 aliphatic rings. The van der Waals surface area contributed by atoms with Crippen molar-refractivity contribution in [2.45, 2.75) is 19.1 Å². The minimum atomic E-state index is -4.52. The van der Waals surface area contributed by atoms with E-state index >= 15 is 0 Å². The van der Waals surface area contributed by atoms with Gasteiger partial charge in [-0.05, 0) is 6.92 Å². The number of alkyl halides is 3. The molecule has 4 nitrogen and oxygen atoms in total. The Hall–Kier alpha value is -1.37. The Balaban J connectivity index is 2.21. The molecular weight excluding hydrogens is 223 g/mol. The first-order valence-corrected chi connectivity index (χ1v) is 4.72. The van der Waals surface area contributed by atoms with Gasteiger partial charge in [-0.25, -0.2) is 9.97 Å². The van der Waals surface area contributed by atoms with Crippen molar-refractivity contribution in [3.8, 4) is 0 Å². The van der Waals surface area contributed by atoms with Gasteiger partial charge in [0.25, 0.3) is 0 Å². The molecular formula is C9H10F3N3O.